The van der Waals surface area contributed by atoms with Crippen molar-refractivity contribution in [1.29, 1.82) is 0 Å². The van der Waals surface area contributed by atoms with Gasteiger partial charge >= 0.3 is 0 Å². The first-order valence-corrected chi connectivity index (χ1v) is 5.84. The first kappa shape index (κ1) is 12.0. The Bertz CT molecular complexity index is 135. The van der Waals surface area contributed by atoms with Gasteiger partial charge in [0.1, 0.15) is 0 Å². The number of likely N-dealkylation sites (tertiary alicyclic amines) is 1. The molecule has 0 aromatic carbocycles. The van der Waals surface area contributed by atoms with Crippen molar-refractivity contribution >= 4 is 0 Å². The summed E-state index contributed by atoms with van der Waals surface area (Å²) in [4.78, 5) is 4.86. The van der Waals surface area contributed by atoms with Crippen LogP contribution in [0.25, 0.3) is 0 Å². The molecule has 84 valence electrons. The van der Waals surface area contributed by atoms with Gasteiger partial charge in [-0.05, 0) is 39.4 Å². The number of nitrogens with zero attached hydrogens (tertiary/aromatic N) is 2. The van der Waals surface area contributed by atoms with Gasteiger partial charge in [0.05, 0.1) is 0 Å². The van der Waals surface area contributed by atoms with Crippen LogP contribution in [0.3, 0.4) is 0 Å². The standard InChI is InChI=1S/C11H24N2O/c1-12(6-5-11-14)9-10-13-7-3-2-4-8-13/h14H,2-11H2,1H3. The molecule has 0 saturated carbocycles. The van der Waals surface area contributed by atoms with Crippen molar-refractivity contribution in [3.63, 3.8) is 0 Å². The molecule has 3 nitrogen and oxygen atoms in total. The Hall–Kier alpha value is -0.120. The molecule has 1 rings (SSSR count). The fourth-order valence-corrected chi connectivity index (χ4v) is 1.95. The van der Waals surface area contributed by atoms with Crippen LogP contribution in [0.1, 0.15) is 25.7 Å². The normalized spacial score (nSPS) is 19.1. The van der Waals surface area contributed by atoms with Gasteiger partial charge in [-0.3, -0.25) is 0 Å². The maximum absolute atomic E-state index is 8.69. The lowest BCUT2D eigenvalue weighted by Gasteiger charge is -2.28. The Morgan fingerprint density at radius 1 is 1.14 bits per heavy atom. The molecule has 3 heteroatoms. The fraction of sp³-hybridized carbons (Fsp3) is 1.00. The first-order valence-electron chi connectivity index (χ1n) is 5.84. The number of likely N-dealkylation sites (N-methyl/N-ethyl adjacent to an activating group) is 1. The molecule has 1 aliphatic rings. The van der Waals surface area contributed by atoms with Crippen LogP contribution in [0.2, 0.25) is 0 Å². The fourth-order valence-electron chi connectivity index (χ4n) is 1.95. The van der Waals surface area contributed by atoms with Gasteiger partial charge < -0.3 is 14.9 Å². The van der Waals surface area contributed by atoms with E-state index in [1.807, 2.05) is 0 Å². The highest BCUT2D eigenvalue weighted by molar-refractivity contribution is 4.65. The molecule has 1 N–H and O–H groups in total. The lowest BCUT2D eigenvalue weighted by Crippen LogP contribution is -2.36. The Morgan fingerprint density at radius 2 is 1.86 bits per heavy atom. The summed E-state index contributed by atoms with van der Waals surface area (Å²) in [7, 11) is 2.14. The Labute approximate surface area is 87.7 Å². The van der Waals surface area contributed by atoms with Gasteiger partial charge in [0.15, 0.2) is 0 Å². The van der Waals surface area contributed by atoms with Gasteiger partial charge in [-0.15, -0.1) is 0 Å². The molecule has 0 aromatic rings. The van der Waals surface area contributed by atoms with Crippen LogP contribution < -0.4 is 0 Å². The second kappa shape index (κ2) is 7.21. The van der Waals surface area contributed by atoms with Crippen LogP contribution in [0.4, 0.5) is 0 Å². The van der Waals surface area contributed by atoms with Crippen LogP contribution >= 0.6 is 0 Å². The van der Waals surface area contributed by atoms with E-state index in [2.05, 4.69) is 16.8 Å². The van der Waals surface area contributed by atoms with E-state index in [1.165, 1.54) is 38.9 Å². The Balaban J connectivity index is 2.00. The van der Waals surface area contributed by atoms with E-state index >= 15 is 0 Å². The van der Waals surface area contributed by atoms with Gasteiger partial charge in [-0.25, -0.2) is 0 Å². The summed E-state index contributed by atoms with van der Waals surface area (Å²) >= 11 is 0. The summed E-state index contributed by atoms with van der Waals surface area (Å²) in [5.74, 6) is 0. The zero-order chi connectivity index (χ0) is 10.2. The van der Waals surface area contributed by atoms with Crippen molar-refractivity contribution < 1.29 is 5.11 Å². The predicted octanol–water partition coefficient (Wildman–Crippen LogP) is 0.786. The molecule has 0 aromatic heterocycles. The highest BCUT2D eigenvalue weighted by Crippen LogP contribution is 2.07. The molecule has 0 aliphatic carbocycles. The molecule has 0 atom stereocenters. The third-order valence-corrected chi connectivity index (χ3v) is 2.94. The Kier molecular flexibility index (Phi) is 6.15. The van der Waals surface area contributed by atoms with Crippen molar-refractivity contribution in [2.45, 2.75) is 25.7 Å². The summed E-state index contributed by atoms with van der Waals surface area (Å²) < 4.78 is 0. The lowest BCUT2D eigenvalue weighted by molar-refractivity contribution is 0.188. The predicted molar refractivity (Wildman–Crippen MR) is 59.5 cm³/mol. The Morgan fingerprint density at radius 3 is 2.50 bits per heavy atom. The van der Waals surface area contributed by atoms with Crippen LogP contribution in [0.15, 0.2) is 0 Å². The molecular weight excluding hydrogens is 176 g/mol. The van der Waals surface area contributed by atoms with E-state index in [9.17, 15) is 0 Å². The number of hydrogen-bond donors (Lipinski definition) is 1. The summed E-state index contributed by atoms with van der Waals surface area (Å²) in [5.41, 5.74) is 0. The van der Waals surface area contributed by atoms with E-state index in [1.54, 1.807) is 0 Å². The van der Waals surface area contributed by atoms with Crippen molar-refractivity contribution in [1.82, 2.24) is 9.80 Å². The molecule has 0 spiro atoms. The van der Waals surface area contributed by atoms with Gasteiger partial charge in [-0.1, -0.05) is 6.42 Å². The minimum atomic E-state index is 0.314. The average molecular weight is 200 g/mol. The molecule has 1 aliphatic heterocycles. The zero-order valence-electron chi connectivity index (χ0n) is 9.41. The summed E-state index contributed by atoms with van der Waals surface area (Å²) in [6, 6.07) is 0. The maximum Gasteiger partial charge on any atom is 0.0443 e. The summed E-state index contributed by atoms with van der Waals surface area (Å²) in [5, 5.41) is 8.69. The minimum absolute atomic E-state index is 0.314. The van der Waals surface area contributed by atoms with Crippen molar-refractivity contribution in [2.24, 2.45) is 0 Å². The third-order valence-electron chi connectivity index (χ3n) is 2.94. The molecule has 1 saturated heterocycles. The van der Waals surface area contributed by atoms with E-state index in [-0.39, 0.29) is 0 Å². The minimum Gasteiger partial charge on any atom is -0.396 e. The highest BCUT2D eigenvalue weighted by atomic mass is 16.3. The molecule has 1 heterocycles. The van der Waals surface area contributed by atoms with E-state index in [4.69, 9.17) is 5.11 Å². The monoisotopic (exact) mass is 200 g/mol. The van der Waals surface area contributed by atoms with Crippen LogP contribution in [-0.2, 0) is 0 Å². The van der Waals surface area contributed by atoms with Crippen LogP contribution in [0.5, 0.6) is 0 Å². The van der Waals surface area contributed by atoms with E-state index < -0.39 is 0 Å². The maximum atomic E-state index is 8.69. The molecule has 0 bridgehead atoms. The second-order valence-electron chi connectivity index (χ2n) is 4.28. The molecule has 14 heavy (non-hydrogen) atoms. The average Bonchev–Trinajstić information content (AvgIpc) is 2.25. The van der Waals surface area contributed by atoms with Gasteiger partial charge in [0, 0.05) is 26.2 Å². The van der Waals surface area contributed by atoms with E-state index in [0.717, 1.165) is 19.5 Å². The number of hydrogen-bond acceptors (Lipinski definition) is 3. The number of aliphatic hydroxyl groups excluding tert-OH is 1. The first-order chi connectivity index (χ1) is 6.83. The second-order valence-corrected chi connectivity index (χ2v) is 4.28. The largest absolute Gasteiger partial charge is 0.396 e. The van der Waals surface area contributed by atoms with Gasteiger partial charge in [-0.2, -0.15) is 0 Å². The van der Waals surface area contributed by atoms with Crippen molar-refractivity contribution in [3.05, 3.63) is 0 Å². The molecule has 0 radical (unpaired) electrons. The number of aliphatic hydroxyl groups is 1. The van der Waals surface area contributed by atoms with Gasteiger partial charge in [0.2, 0.25) is 0 Å². The zero-order valence-corrected chi connectivity index (χ0v) is 9.41. The summed E-state index contributed by atoms with van der Waals surface area (Å²) in [6.07, 6.45) is 5.06. The van der Waals surface area contributed by atoms with E-state index in [0.29, 0.717) is 6.61 Å². The molecule has 0 unspecified atom stereocenters. The van der Waals surface area contributed by atoms with Crippen molar-refractivity contribution in [2.75, 3.05) is 46.4 Å². The van der Waals surface area contributed by atoms with Crippen LogP contribution in [-0.4, -0.2) is 61.3 Å². The van der Waals surface area contributed by atoms with Crippen LogP contribution in [0, 0.1) is 0 Å². The smallest absolute Gasteiger partial charge is 0.0443 e. The number of piperidine rings is 1. The summed E-state index contributed by atoms with van der Waals surface area (Å²) in [6.45, 7) is 6.24. The van der Waals surface area contributed by atoms with Gasteiger partial charge in [0.25, 0.3) is 0 Å². The van der Waals surface area contributed by atoms with Crippen molar-refractivity contribution in [3.8, 4) is 0 Å². The molecule has 0 amide bonds. The number of rotatable bonds is 6. The SMILES string of the molecule is CN(CCCO)CCN1CCCCC1. The quantitative estimate of drug-likeness (QED) is 0.686. The topological polar surface area (TPSA) is 26.7 Å². The molecular formula is C11H24N2O. The molecule has 1 fully saturated rings. The lowest BCUT2D eigenvalue weighted by atomic mass is 10.1. The third kappa shape index (κ3) is 4.94. The highest BCUT2D eigenvalue weighted by Gasteiger charge is 2.09.